The van der Waals surface area contributed by atoms with Gasteiger partial charge in [-0.3, -0.25) is 0 Å². The Morgan fingerprint density at radius 1 is 1.47 bits per heavy atom. The van der Waals surface area contributed by atoms with Crippen molar-refractivity contribution in [1.29, 1.82) is 0 Å². The van der Waals surface area contributed by atoms with Gasteiger partial charge in [-0.2, -0.15) is 0 Å². The second-order valence-electron chi connectivity index (χ2n) is 4.92. The molecule has 1 aromatic rings. The molecule has 2 aliphatic heterocycles. The van der Waals surface area contributed by atoms with Crippen LogP contribution in [0.3, 0.4) is 0 Å². The number of hydrogen-bond acceptors (Lipinski definition) is 4. The topological polar surface area (TPSA) is 37.4 Å². The number of nitrogens with zero attached hydrogens (tertiary/aromatic N) is 2. The maximum atomic E-state index is 5.18. The zero-order valence-corrected chi connectivity index (χ0v) is 10.2. The van der Waals surface area contributed by atoms with Crippen LogP contribution in [0.2, 0.25) is 0 Å². The van der Waals surface area contributed by atoms with E-state index in [4.69, 9.17) is 4.74 Å². The third-order valence-electron chi connectivity index (χ3n) is 3.89. The second kappa shape index (κ2) is 4.53. The van der Waals surface area contributed by atoms with Crippen LogP contribution in [-0.4, -0.2) is 37.8 Å². The van der Waals surface area contributed by atoms with Gasteiger partial charge in [0.15, 0.2) is 0 Å². The first-order chi connectivity index (χ1) is 8.36. The van der Waals surface area contributed by atoms with Crippen LogP contribution in [0.1, 0.15) is 12.8 Å². The highest BCUT2D eigenvalue weighted by molar-refractivity contribution is 5.49. The molecule has 0 aromatic carbocycles. The van der Waals surface area contributed by atoms with Gasteiger partial charge in [-0.25, -0.2) is 4.98 Å². The Morgan fingerprint density at radius 2 is 2.41 bits per heavy atom. The zero-order chi connectivity index (χ0) is 11.7. The first-order valence-electron chi connectivity index (χ1n) is 6.35. The minimum absolute atomic E-state index is 0.669. The summed E-state index contributed by atoms with van der Waals surface area (Å²) < 4.78 is 5.18. The van der Waals surface area contributed by atoms with E-state index in [1.54, 1.807) is 7.11 Å². The van der Waals surface area contributed by atoms with Crippen molar-refractivity contribution in [1.82, 2.24) is 10.3 Å². The summed E-state index contributed by atoms with van der Waals surface area (Å²) in [6.07, 6.45) is 4.49. The van der Waals surface area contributed by atoms with E-state index < -0.39 is 0 Å². The van der Waals surface area contributed by atoms with Gasteiger partial charge in [-0.15, -0.1) is 0 Å². The highest BCUT2D eigenvalue weighted by atomic mass is 16.5. The van der Waals surface area contributed by atoms with Gasteiger partial charge in [0.1, 0.15) is 0 Å². The van der Waals surface area contributed by atoms with Crippen molar-refractivity contribution in [2.45, 2.75) is 18.9 Å². The predicted molar refractivity (Wildman–Crippen MR) is 67.5 cm³/mol. The molecule has 2 saturated heterocycles. The molecule has 3 rings (SSSR count). The fraction of sp³-hybridized carbons (Fsp3) is 0.615. The zero-order valence-electron chi connectivity index (χ0n) is 10.2. The van der Waals surface area contributed by atoms with Crippen LogP contribution in [0.15, 0.2) is 18.3 Å². The fourth-order valence-electron chi connectivity index (χ4n) is 2.96. The van der Waals surface area contributed by atoms with Gasteiger partial charge in [-0.1, -0.05) is 0 Å². The Bertz CT molecular complexity index is 382. The van der Waals surface area contributed by atoms with Gasteiger partial charge in [0.05, 0.1) is 7.11 Å². The predicted octanol–water partition coefficient (Wildman–Crippen LogP) is 1.28. The number of rotatable bonds is 2. The van der Waals surface area contributed by atoms with Crippen molar-refractivity contribution >= 4 is 5.69 Å². The molecule has 92 valence electrons. The smallest absolute Gasteiger partial charge is 0.214 e. The largest absolute Gasteiger partial charge is 0.481 e. The highest BCUT2D eigenvalue weighted by Gasteiger charge is 2.34. The molecular formula is C13H19N3O. The number of pyridine rings is 1. The normalized spacial score (nSPS) is 27.9. The number of piperidine rings is 1. The van der Waals surface area contributed by atoms with Gasteiger partial charge in [0, 0.05) is 37.1 Å². The molecule has 0 saturated carbocycles. The number of nitrogens with one attached hydrogen (secondary N) is 1. The van der Waals surface area contributed by atoms with Gasteiger partial charge in [-0.05, 0) is 31.4 Å². The number of methoxy groups -OCH3 is 1. The molecule has 4 heteroatoms. The summed E-state index contributed by atoms with van der Waals surface area (Å²) >= 11 is 0. The molecule has 0 aliphatic carbocycles. The number of hydrogen-bond donors (Lipinski definition) is 1. The second-order valence-corrected chi connectivity index (χ2v) is 4.92. The lowest BCUT2D eigenvalue weighted by Gasteiger charge is -2.24. The van der Waals surface area contributed by atoms with Crippen LogP contribution >= 0.6 is 0 Å². The number of anilines is 1. The van der Waals surface area contributed by atoms with Gasteiger partial charge >= 0.3 is 0 Å². The first kappa shape index (κ1) is 10.8. The van der Waals surface area contributed by atoms with Crippen molar-refractivity contribution < 1.29 is 4.74 Å². The monoisotopic (exact) mass is 233 g/mol. The average Bonchev–Trinajstić information content (AvgIpc) is 2.82. The standard InChI is InChI=1S/C13H19N3O/c1-17-13-7-11(4-6-15-13)16-8-10-3-2-5-14-12(10)9-16/h4,6-7,10,12,14H,2-3,5,8-9H2,1H3/t10-,12+/m0/s1. The molecule has 2 aliphatic rings. The quantitative estimate of drug-likeness (QED) is 0.835. The molecule has 0 radical (unpaired) electrons. The summed E-state index contributed by atoms with van der Waals surface area (Å²) in [5.41, 5.74) is 1.23. The summed E-state index contributed by atoms with van der Waals surface area (Å²) in [6, 6.07) is 4.76. The summed E-state index contributed by atoms with van der Waals surface area (Å²) in [6.45, 7) is 3.44. The molecule has 1 N–H and O–H groups in total. The lowest BCUT2D eigenvalue weighted by molar-refractivity contribution is 0.340. The van der Waals surface area contributed by atoms with Crippen LogP contribution in [0.5, 0.6) is 5.88 Å². The van der Waals surface area contributed by atoms with Gasteiger partial charge < -0.3 is 15.0 Å². The molecule has 3 heterocycles. The van der Waals surface area contributed by atoms with Crippen molar-refractivity contribution in [2.75, 3.05) is 31.6 Å². The fourth-order valence-corrected chi connectivity index (χ4v) is 2.96. The molecule has 0 unspecified atom stereocenters. The van der Waals surface area contributed by atoms with Crippen LogP contribution < -0.4 is 15.0 Å². The first-order valence-corrected chi connectivity index (χ1v) is 6.35. The van der Waals surface area contributed by atoms with Gasteiger partial charge in [0.2, 0.25) is 5.88 Å². The summed E-state index contributed by atoms with van der Waals surface area (Å²) in [4.78, 5) is 6.60. The van der Waals surface area contributed by atoms with E-state index in [0.29, 0.717) is 11.9 Å². The molecule has 0 spiro atoms. The van der Waals surface area contributed by atoms with Crippen LogP contribution in [-0.2, 0) is 0 Å². The number of ether oxygens (including phenoxy) is 1. The molecule has 0 bridgehead atoms. The Kier molecular flexibility index (Phi) is 2.89. The molecule has 17 heavy (non-hydrogen) atoms. The van der Waals surface area contributed by atoms with E-state index in [-0.39, 0.29) is 0 Å². The number of aromatic nitrogens is 1. The van der Waals surface area contributed by atoms with Gasteiger partial charge in [0.25, 0.3) is 0 Å². The lowest BCUT2D eigenvalue weighted by atomic mass is 9.94. The van der Waals surface area contributed by atoms with Crippen LogP contribution in [0, 0.1) is 5.92 Å². The van der Waals surface area contributed by atoms with E-state index in [9.17, 15) is 0 Å². The summed E-state index contributed by atoms with van der Waals surface area (Å²) in [7, 11) is 1.66. The Morgan fingerprint density at radius 3 is 3.24 bits per heavy atom. The minimum Gasteiger partial charge on any atom is -0.481 e. The molecule has 2 fully saturated rings. The van der Waals surface area contributed by atoms with E-state index in [0.717, 1.165) is 19.0 Å². The minimum atomic E-state index is 0.669. The third-order valence-corrected chi connectivity index (χ3v) is 3.89. The maximum Gasteiger partial charge on any atom is 0.214 e. The maximum absolute atomic E-state index is 5.18. The summed E-state index contributed by atoms with van der Waals surface area (Å²) in [5.74, 6) is 1.51. The molecule has 0 amide bonds. The lowest BCUT2D eigenvalue weighted by Crippen LogP contribution is -2.40. The van der Waals surface area contributed by atoms with Crippen molar-refractivity contribution in [2.24, 2.45) is 5.92 Å². The average molecular weight is 233 g/mol. The summed E-state index contributed by atoms with van der Waals surface area (Å²) in [5, 5.41) is 3.62. The van der Waals surface area contributed by atoms with E-state index >= 15 is 0 Å². The Hall–Kier alpha value is -1.29. The number of fused-ring (bicyclic) bond motifs is 1. The van der Waals surface area contributed by atoms with Crippen LogP contribution in [0.4, 0.5) is 5.69 Å². The van der Waals surface area contributed by atoms with Crippen molar-refractivity contribution in [3.63, 3.8) is 0 Å². The third kappa shape index (κ3) is 2.09. The van der Waals surface area contributed by atoms with E-state index in [1.807, 2.05) is 12.3 Å². The van der Waals surface area contributed by atoms with Crippen LogP contribution in [0.25, 0.3) is 0 Å². The van der Waals surface area contributed by atoms with E-state index in [1.165, 1.54) is 25.1 Å². The Balaban J connectivity index is 1.76. The molecular weight excluding hydrogens is 214 g/mol. The van der Waals surface area contributed by atoms with Crippen molar-refractivity contribution in [3.05, 3.63) is 18.3 Å². The molecule has 4 nitrogen and oxygen atoms in total. The van der Waals surface area contributed by atoms with E-state index in [2.05, 4.69) is 21.3 Å². The molecule has 1 aromatic heterocycles. The highest BCUT2D eigenvalue weighted by Crippen LogP contribution is 2.29. The Labute approximate surface area is 102 Å². The van der Waals surface area contributed by atoms with Crippen molar-refractivity contribution in [3.8, 4) is 5.88 Å². The SMILES string of the molecule is COc1cc(N2C[C@@H]3CCCN[C@@H]3C2)ccn1. The molecule has 2 atom stereocenters.